The highest BCUT2D eigenvalue weighted by Crippen LogP contribution is 2.21. The van der Waals surface area contributed by atoms with Crippen LogP contribution in [0, 0.1) is 0 Å². The third-order valence-corrected chi connectivity index (χ3v) is 4.50. The second kappa shape index (κ2) is 7.48. The monoisotopic (exact) mass is 373 g/mol. The fourth-order valence-corrected chi connectivity index (χ4v) is 3.01. The van der Waals surface area contributed by atoms with Gasteiger partial charge >= 0.3 is 5.97 Å². The Balaban J connectivity index is 1.67. The molecule has 28 heavy (non-hydrogen) atoms. The SMILES string of the molecule is COC(=O)c1ccc2ncn(-c3ccnc(NC(C)c4ccccc4)n3)c2c1. The van der Waals surface area contributed by atoms with E-state index in [0.717, 1.165) is 16.6 Å². The molecule has 7 heteroatoms. The van der Waals surface area contributed by atoms with Crippen molar-refractivity contribution in [3.05, 3.63) is 78.2 Å². The Kier molecular flexibility index (Phi) is 4.72. The lowest BCUT2D eigenvalue weighted by Crippen LogP contribution is -2.10. The quantitative estimate of drug-likeness (QED) is 0.536. The summed E-state index contributed by atoms with van der Waals surface area (Å²) >= 11 is 0. The second-order valence-electron chi connectivity index (χ2n) is 6.32. The molecule has 4 rings (SSSR count). The van der Waals surface area contributed by atoms with Crippen LogP contribution in [0.4, 0.5) is 5.95 Å². The van der Waals surface area contributed by atoms with E-state index in [9.17, 15) is 4.79 Å². The minimum Gasteiger partial charge on any atom is -0.465 e. The minimum absolute atomic E-state index is 0.0573. The average molecular weight is 373 g/mol. The first-order chi connectivity index (χ1) is 13.7. The molecule has 0 saturated carbocycles. The van der Waals surface area contributed by atoms with Crippen molar-refractivity contribution in [3.63, 3.8) is 0 Å². The lowest BCUT2D eigenvalue weighted by Gasteiger charge is -2.14. The van der Waals surface area contributed by atoms with Gasteiger partial charge in [-0.3, -0.25) is 4.57 Å². The van der Waals surface area contributed by atoms with Crippen LogP contribution in [0.5, 0.6) is 0 Å². The first-order valence-electron chi connectivity index (χ1n) is 8.86. The Morgan fingerprint density at radius 3 is 2.71 bits per heavy atom. The summed E-state index contributed by atoms with van der Waals surface area (Å²) in [6.07, 6.45) is 3.37. The molecule has 2 aromatic carbocycles. The van der Waals surface area contributed by atoms with E-state index in [2.05, 4.69) is 39.3 Å². The zero-order chi connectivity index (χ0) is 19.5. The highest BCUT2D eigenvalue weighted by atomic mass is 16.5. The van der Waals surface area contributed by atoms with Crippen LogP contribution in [0.15, 0.2) is 67.1 Å². The van der Waals surface area contributed by atoms with Crippen molar-refractivity contribution in [3.8, 4) is 5.82 Å². The van der Waals surface area contributed by atoms with Gasteiger partial charge in [-0.25, -0.2) is 14.8 Å². The molecule has 1 N–H and O–H groups in total. The number of imidazole rings is 1. The topological polar surface area (TPSA) is 81.9 Å². The molecule has 4 aromatic rings. The molecule has 2 aromatic heterocycles. The van der Waals surface area contributed by atoms with Crippen LogP contribution < -0.4 is 5.32 Å². The predicted molar refractivity (Wildman–Crippen MR) is 106 cm³/mol. The smallest absolute Gasteiger partial charge is 0.337 e. The number of carbonyl (C=O) groups excluding carboxylic acids is 1. The Morgan fingerprint density at radius 1 is 1.11 bits per heavy atom. The summed E-state index contributed by atoms with van der Waals surface area (Å²) in [6.45, 7) is 2.06. The van der Waals surface area contributed by atoms with E-state index in [0.29, 0.717) is 17.3 Å². The molecule has 0 aliphatic heterocycles. The van der Waals surface area contributed by atoms with E-state index in [-0.39, 0.29) is 6.04 Å². The fraction of sp³-hybridized carbons (Fsp3) is 0.143. The Bertz CT molecular complexity index is 1120. The molecular weight excluding hydrogens is 354 g/mol. The van der Waals surface area contributed by atoms with Gasteiger partial charge in [0.25, 0.3) is 0 Å². The van der Waals surface area contributed by atoms with E-state index in [4.69, 9.17) is 4.74 Å². The maximum atomic E-state index is 11.8. The number of aromatic nitrogens is 4. The summed E-state index contributed by atoms with van der Waals surface area (Å²) in [5, 5.41) is 3.32. The van der Waals surface area contributed by atoms with E-state index in [1.54, 1.807) is 36.8 Å². The number of carbonyl (C=O) groups is 1. The minimum atomic E-state index is -0.392. The lowest BCUT2D eigenvalue weighted by molar-refractivity contribution is 0.0601. The van der Waals surface area contributed by atoms with Gasteiger partial charge in [0.05, 0.1) is 29.7 Å². The van der Waals surface area contributed by atoms with Crippen molar-refractivity contribution >= 4 is 23.0 Å². The maximum absolute atomic E-state index is 11.8. The first kappa shape index (κ1) is 17.7. The number of hydrogen-bond acceptors (Lipinski definition) is 6. The summed E-state index contributed by atoms with van der Waals surface area (Å²) in [7, 11) is 1.36. The number of ether oxygens (including phenoxy) is 1. The van der Waals surface area contributed by atoms with E-state index < -0.39 is 5.97 Å². The van der Waals surface area contributed by atoms with Crippen LogP contribution in [0.25, 0.3) is 16.9 Å². The molecular formula is C21H19N5O2. The highest BCUT2D eigenvalue weighted by Gasteiger charge is 2.12. The zero-order valence-electron chi connectivity index (χ0n) is 15.5. The zero-order valence-corrected chi connectivity index (χ0v) is 15.5. The number of rotatable bonds is 5. The van der Waals surface area contributed by atoms with Crippen LogP contribution in [0.1, 0.15) is 28.9 Å². The molecule has 0 fully saturated rings. The number of fused-ring (bicyclic) bond motifs is 1. The fourth-order valence-electron chi connectivity index (χ4n) is 3.01. The average Bonchev–Trinajstić information content (AvgIpc) is 3.17. The standard InChI is InChI=1S/C21H19N5O2/c1-14(15-6-4-3-5-7-15)24-21-22-11-10-19(25-21)26-13-23-17-9-8-16(12-18(17)26)20(27)28-2/h3-14H,1-2H3,(H,22,24,25). The molecule has 0 radical (unpaired) electrons. The first-order valence-corrected chi connectivity index (χ1v) is 8.86. The Morgan fingerprint density at radius 2 is 1.93 bits per heavy atom. The summed E-state index contributed by atoms with van der Waals surface area (Å²) in [5.41, 5.74) is 3.14. The number of nitrogens with one attached hydrogen (secondary N) is 1. The molecule has 2 heterocycles. The second-order valence-corrected chi connectivity index (χ2v) is 6.32. The van der Waals surface area contributed by atoms with E-state index >= 15 is 0 Å². The van der Waals surface area contributed by atoms with E-state index in [1.807, 2.05) is 22.8 Å². The van der Waals surface area contributed by atoms with Crippen LogP contribution >= 0.6 is 0 Å². The predicted octanol–water partition coefficient (Wildman–Crippen LogP) is 3.78. The normalized spacial score (nSPS) is 11.9. The van der Waals surface area contributed by atoms with Crippen molar-refractivity contribution < 1.29 is 9.53 Å². The van der Waals surface area contributed by atoms with Gasteiger partial charge in [0.2, 0.25) is 5.95 Å². The van der Waals surface area contributed by atoms with Crippen molar-refractivity contribution in [2.24, 2.45) is 0 Å². The van der Waals surface area contributed by atoms with Gasteiger partial charge in [0.1, 0.15) is 12.1 Å². The summed E-state index contributed by atoms with van der Waals surface area (Å²) in [6, 6.07) is 17.2. The molecule has 140 valence electrons. The van der Waals surface area contributed by atoms with Gasteiger partial charge < -0.3 is 10.1 Å². The van der Waals surface area contributed by atoms with Crippen molar-refractivity contribution in [1.82, 2.24) is 19.5 Å². The van der Waals surface area contributed by atoms with Gasteiger partial charge in [-0.1, -0.05) is 30.3 Å². The Hall–Kier alpha value is -3.74. The third-order valence-electron chi connectivity index (χ3n) is 4.50. The summed E-state index contributed by atoms with van der Waals surface area (Å²) in [5.74, 6) is 0.776. The third kappa shape index (κ3) is 3.42. The number of anilines is 1. The van der Waals surface area contributed by atoms with Crippen LogP contribution in [-0.4, -0.2) is 32.6 Å². The molecule has 1 unspecified atom stereocenters. The lowest BCUT2D eigenvalue weighted by atomic mass is 10.1. The number of hydrogen-bond donors (Lipinski definition) is 1. The van der Waals surface area contributed by atoms with Crippen LogP contribution in [-0.2, 0) is 4.74 Å². The summed E-state index contributed by atoms with van der Waals surface area (Å²) in [4.78, 5) is 25.2. The molecule has 7 nitrogen and oxygen atoms in total. The van der Waals surface area contributed by atoms with Gasteiger partial charge in [0.15, 0.2) is 0 Å². The van der Waals surface area contributed by atoms with Gasteiger partial charge in [0, 0.05) is 6.20 Å². The molecule has 0 spiro atoms. The maximum Gasteiger partial charge on any atom is 0.337 e. The van der Waals surface area contributed by atoms with Gasteiger partial charge in [-0.2, -0.15) is 4.98 Å². The summed E-state index contributed by atoms with van der Waals surface area (Å²) < 4.78 is 6.63. The molecule has 0 saturated heterocycles. The van der Waals surface area contributed by atoms with Gasteiger partial charge in [-0.15, -0.1) is 0 Å². The molecule has 0 bridgehead atoms. The van der Waals surface area contributed by atoms with Crippen LogP contribution in [0.3, 0.4) is 0 Å². The Labute approximate surface area is 162 Å². The number of esters is 1. The largest absolute Gasteiger partial charge is 0.465 e. The van der Waals surface area contributed by atoms with E-state index in [1.165, 1.54) is 7.11 Å². The number of nitrogens with zero attached hydrogens (tertiary/aromatic N) is 4. The highest BCUT2D eigenvalue weighted by molar-refractivity contribution is 5.93. The molecule has 0 aliphatic carbocycles. The molecule has 1 atom stereocenters. The van der Waals surface area contributed by atoms with Crippen molar-refractivity contribution in [2.45, 2.75) is 13.0 Å². The van der Waals surface area contributed by atoms with Gasteiger partial charge in [-0.05, 0) is 36.8 Å². The molecule has 0 amide bonds. The number of benzene rings is 2. The molecule has 0 aliphatic rings. The van der Waals surface area contributed by atoms with Crippen molar-refractivity contribution in [1.29, 1.82) is 0 Å². The van der Waals surface area contributed by atoms with Crippen molar-refractivity contribution in [2.75, 3.05) is 12.4 Å². The number of methoxy groups -OCH3 is 1. The van der Waals surface area contributed by atoms with Crippen LogP contribution in [0.2, 0.25) is 0 Å².